The average molecular weight is 379 g/mol. The summed E-state index contributed by atoms with van der Waals surface area (Å²) < 4.78 is 1.91. The number of hydrogen-bond donors (Lipinski definition) is 2. The van der Waals surface area contributed by atoms with Crippen LogP contribution in [0, 0.1) is 5.92 Å². The second kappa shape index (κ2) is 11.1. The number of aliphatic imine (C=N–C) groups is 1. The van der Waals surface area contributed by atoms with E-state index in [2.05, 4.69) is 41.5 Å². The Hall–Kier alpha value is -0.790. The highest BCUT2D eigenvalue weighted by Gasteiger charge is 1.98. The molecule has 0 radical (unpaired) electrons. The van der Waals surface area contributed by atoms with Crippen molar-refractivity contribution >= 4 is 29.9 Å². The van der Waals surface area contributed by atoms with Crippen LogP contribution in [0.15, 0.2) is 23.5 Å². The first-order valence-electron chi connectivity index (χ1n) is 6.72. The SMILES string of the molecule is CCNC(=NCCC(C)C)NCCn1cccn1.I. The highest BCUT2D eigenvalue weighted by Crippen LogP contribution is 1.98. The Morgan fingerprint density at radius 3 is 2.74 bits per heavy atom. The zero-order valence-corrected chi connectivity index (χ0v) is 14.4. The first kappa shape index (κ1) is 18.2. The van der Waals surface area contributed by atoms with Gasteiger partial charge in [0, 0.05) is 32.0 Å². The maximum atomic E-state index is 4.54. The lowest BCUT2D eigenvalue weighted by molar-refractivity contribution is 0.585. The Morgan fingerprint density at radius 1 is 1.37 bits per heavy atom. The monoisotopic (exact) mass is 379 g/mol. The van der Waals surface area contributed by atoms with Crippen molar-refractivity contribution in [1.82, 2.24) is 20.4 Å². The molecule has 19 heavy (non-hydrogen) atoms. The molecule has 0 unspecified atom stereocenters. The molecule has 0 fully saturated rings. The predicted octanol–water partition coefficient (Wildman–Crippen LogP) is 2.10. The standard InChI is InChI=1S/C13H25N5.HI/c1-4-14-13(15-8-6-12(2)3)16-9-11-18-10-5-7-17-18;/h5,7,10,12H,4,6,8-9,11H2,1-3H3,(H2,14,15,16);1H. The predicted molar refractivity (Wildman–Crippen MR) is 91.1 cm³/mol. The summed E-state index contributed by atoms with van der Waals surface area (Å²) >= 11 is 0. The van der Waals surface area contributed by atoms with Gasteiger partial charge < -0.3 is 10.6 Å². The minimum absolute atomic E-state index is 0. The summed E-state index contributed by atoms with van der Waals surface area (Å²) in [5.41, 5.74) is 0. The molecule has 0 aromatic carbocycles. The highest BCUT2D eigenvalue weighted by molar-refractivity contribution is 14.0. The molecule has 5 nitrogen and oxygen atoms in total. The summed E-state index contributed by atoms with van der Waals surface area (Å²) in [5, 5.41) is 10.7. The van der Waals surface area contributed by atoms with Gasteiger partial charge in [-0.15, -0.1) is 24.0 Å². The van der Waals surface area contributed by atoms with Crippen molar-refractivity contribution in [3.05, 3.63) is 18.5 Å². The van der Waals surface area contributed by atoms with Gasteiger partial charge in [0.2, 0.25) is 0 Å². The molecule has 0 bridgehead atoms. The van der Waals surface area contributed by atoms with Gasteiger partial charge in [-0.05, 0) is 25.3 Å². The number of rotatable bonds is 7. The number of hydrogen-bond acceptors (Lipinski definition) is 2. The number of nitrogens with one attached hydrogen (secondary N) is 2. The van der Waals surface area contributed by atoms with E-state index in [-0.39, 0.29) is 24.0 Å². The lowest BCUT2D eigenvalue weighted by Crippen LogP contribution is -2.39. The lowest BCUT2D eigenvalue weighted by Gasteiger charge is -2.11. The molecule has 0 saturated heterocycles. The van der Waals surface area contributed by atoms with E-state index in [1.807, 2.05) is 16.9 Å². The fourth-order valence-electron chi connectivity index (χ4n) is 1.50. The van der Waals surface area contributed by atoms with Crippen LogP contribution in [0.25, 0.3) is 0 Å². The third kappa shape index (κ3) is 8.85. The second-order valence-corrected chi connectivity index (χ2v) is 4.64. The minimum Gasteiger partial charge on any atom is -0.357 e. The number of guanidine groups is 1. The summed E-state index contributed by atoms with van der Waals surface area (Å²) in [6.45, 7) is 9.94. The smallest absolute Gasteiger partial charge is 0.191 e. The topological polar surface area (TPSA) is 54.2 Å². The Morgan fingerprint density at radius 2 is 2.16 bits per heavy atom. The van der Waals surface area contributed by atoms with Crippen LogP contribution in [0.1, 0.15) is 27.2 Å². The Bertz CT molecular complexity index is 335. The van der Waals surface area contributed by atoms with E-state index in [1.165, 1.54) is 0 Å². The summed E-state index contributed by atoms with van der Waals surface area (Å²) in [6.07, 6.45) is 4.88. The van der Waals surface area contributed by atoms with Gasteiger partial charge in [-0.3, -0.25) is 9.67 Å². The third-order valence-electron chi connectivity index (χ3n) is 2.51. The molecular weight excluding hydrogens is 353 g/mol. The number of halogens is 1. The lowest BCUT2D eigenvalue weighted by atomic mass is 10.1. The van der Waals surface area contributed by atoms with Gasteiger partial charge in [-0.25, -0.2) is 0 Å². The van der Waals surface area contributed by atoms with Crippen LogP contribution < -0.4 is 10.6 Å². The summed E-state index contributed by atoms with van der Waals surface area (Å²) in [5.74, 6) is 1.59. The fourth-order valence-corrected chi connectivity index (χ4v) is 1.50. The van der Waals surface area contributed by atoms with Crippen molar-refractivity contribution in [1.29, 1.82) is 0 Å². The molecule has 1 rings (SSSR count). The fraction of sp³-hybridized carbons (Fsp3) is 0.692. The van der Waals surface area contributed by atoms with E-state index in [1.54, 1.807) is 6.20 Å². The molecule has 110 valence electrons. The molecule has 1 heterocycles. The third-order valence-corrected chi connectivity index (χ3v) is 2.51. The van der Waals surface area contributed by atoms with Gasteiger partial charge in [-0.1, -0.05) is 13.8 Å². The van der Waals surface area contributed by atoms with E-state index in [0.717, 1.165) is 38.6 Å². The van der Waals surface area contributed by atoms with Crippen molar-refractivity contribution in [2.75, 3.05) is 19.6 Å². The van der Waals surface area contributed by atoms with Crippen molar-refractivity contribution in [2.45, 2.75) is 33.7 Å². The molecule has 0 aliphatic heterocycles. The summed E-state index contributed by atoms with van der Waals surface area (Å²) in [4.78, 5) is 4.54. The average Bonchev–Trinajstić information content (AvgIpc) is 2.81. The minimum atomic E-state index is 0. The molecule has 0 amide bonds. The van der Waals surface area contributed by atoms with Crippen molar-refractivity contribution in [3.8, 4) is 0 Å². The van der Waals surface area contributed by atoms with Crippen LogP contribution in [0.3, 0.4) is 0 Å². The zero-order valence-electron chi connectivity index (χ0n) is 12.1. The molecule has 2 N–H and O–H groups in total. The first-order chi connectivity index (χ1) is 8.72. The van der Waals surface area contributed by atoms with Crippen molar-refractivity contribution in [2.24, 2.45) is 10.9 Å². The summed E-state index contributed by atoms with van der Waals surface area (Å²) in [7, 11) is 0. The van der Waals surface area contributed by atoms with E-state index in [9.17, 15) is 0 Å². The first-order valence-corrected chi connectivity index (χ1v) is 6.72. The van der Waals surface area contributed by atoms with Crippen LogP contribution in [0.4, 0.5) is 0 Å². The van der Waals surface area contributed by atoms with Gasteiger partial charge in [-0.2, -0.15) is 5.10 Å². The van der Waals surface area contributed by atoms with Crippen LogP contribution in [0.2, 0.25) is 0 Å². The molecular formula is C13H26IN5. The van der Waals surface area contributed by atoms with Gasteiger partial charge in [0.25, 0.3) is 0 Å². The second-order valence-electron chi connectivity index (χ2n) is 4.64. The van der Waals surface area contributed by atoms with E-state index in [4.69, 9.17) is 0 Å². The van der Waals surface area contributed by atoms with Crippen LogP contribution >= 0.6 is 24.0 Å². The molecule has 0 aliphatic rings. The van der Waals surface area contributed by atoms with E-state index in [0.29, 0.717) is 5.92 Å². The molecule has 0 saturated carbocycles. The normalized spacial score (nSPS) is 11.3. The van der Waals surface area contributed by atoms with Crippen molar-refractivity contribution in [3.63, 3.8) is 0 Å². The highest BCUT2D eigenvalue weighted by atomic mass is 127. The molecule has 6 heteroatoms. The van der Waals surface area contributed by atoms with E-state index < -0.39 is 0 Å². The Kier molecular flexibility index (Phi) is 10.6. The summed E-state index contributed by atoms with van der Waals surface area (Å²) in [6, 6.07) is 1.93. The van der Waals surface area contributed by atoms with Gasteiger partial charge in [0.15, 0.2) is 5.96 Å². The number of aromatic nitrogens is 2. The van der Waals surface area contributed by atoms with E-state index >= 15 is 0 Å². The maximum Gasteiger partial charge on any atom is 0.191 e. The Labute approximate surface area is 133 Å². The molecule has 0 aliphatic carbocycles. The zero-order chi connectivity index (χ0) is 13.2. The van der Waals surface area contributed by atoms with Crippen LogP contribution in [0.5, 0.6) is 0 Å². The molecule has 1 aromatic rings. The largest absolute Gasteiger partial charge is 0.357 e. The molecule has 0 spiro atoms. The molecule has 0 atom stereocenters. The Balaban J connectivity index is 0.00000324. The molecule has 1 aromatic heterocycles. The van der Waals surface area contributed by atoms with Crippen LogP contribution in [-0.4, -0.2) is 35.4 Å². The maximum absolute atomic E-state index is 4.54. The quantitative estimate of drug-likeness (QED) is 0.434. The van der Waals surface area contributed by atoms with Gasteiger partial charge >= 0.3 is 0 Å². The number of nitrogens with zero attached hydrogens (tertiary/aromatic N) is 3. The van der Waals surface area contributed by atoms with Crippen LogP contribution in [-0.2, 0) is 6.54 Å². The van der Waals surface area contributed by atoms with Gasteiger partial charge in [0.05, 0.1) is 6.54 Å². The van der Waals surface area contributed by atoms with Crippen molar-refractivity contribution < 1.29 is 0 Å². The van der Waals surface area contributed by atoms with Gasteiger partial charge in [0.1, 0.15) is 0 Å².